The van der Waals surface area contributed by atoms with Crippen molar-refractivity contribution in [1.82, 2.24) is 9.80 Å². The lowest BCUT2D eigenvalue weighted by atomic mass is 10.0. The Hall–Kier alpha value is -0.120. The fourth-order valence-corrected chi connectivity index (χ4v) is 2.03. The van der Waals surface area contributed by atoms with Crippen LogP contribution >= 0.6 is 11.6 Å². The summed E-state index contributed by atoms with van der Waals surface area (Å²) in [5.41, 5.74) is 0. The minimum absolute atomic E-state index is 0.162. The van der Waals surface area contributed by atoms with Crippen molar-refractivity contribution in [1.29, 1.82) is 0 Å². The van der Waals surface area contributed by atoms with Crippen LogP contribution < -0.4 is 0 Å². The van der Waals surface area contributed by atoms with Crippen molar-refractivity contribution in [3.05, 3.63) is 0 Å². The molecular weight excluding hydrogens is 200 g/mol. The van der Waals surface area contributed by atoms with E-state index >= 15 is 0 Å². The van der Waals surface area contributed by atoms with E-state index in [-0.39, 0.29) is 11.3 Å². The normalized spacial score (nSPS) is 22.6. The maximum Gasteiger partial charge on any atom is 0.238 e. The molecule has 14 heavy (non-hydrogen) atoms. The van der Waals surface area contributed by atoms with Gasteiger partial charge in [0.25, 0.3) is 0 Å². The molecule has 1 unspecified atom stereocenters. The molecule has 0 bridgehead atoms. The lowest BCUT2D eigenvalue weighted by Crippen LogP contribution is -2.47. The Morgan fingerprint density at radius 1 is 1.50 bits per heavy atom. The summed E-state index contributed by atoms with van der Waals surface area (Å²) < 4.78 is 0. The van der Waals surface area contributed by atoms with Gasteiger partial charge in [0.1, 0.15) is 0 Å². The largest absolute Gasteiger partial charge is 0.306 e. The molecule has 0 radical (unpaired) electrons. The fourth-order valence-electron chi connectivity index (χ4n) is 1.88. The number of carbonyl (C=O) groups is 1. The van der Waals surface area contributed by atoms with E-state index in [1.807, 2.05) is 14.0 Å². The van der Waals surface area contributed by atoms with Crippen molar-refractivity contribution in [2.24, 2.45) is 0 Å². The van der Waals surface area contributed by atoms with Crippen molar-refractivity contribution >= 4 is 16.8 Å². The molecule has 0 spiro atoms. The summed E-state index contributed by atoms with van der Waals surface area (Å²) in [6.07, 6.45) is 2.25. The average Bonchev–Trinajstić information content (AvgIpc) is 2.16. The Kier molecular flexibility index (Phi) is 4.35. The summed E-state index contributed by atoms with van der Waals surface area (Å²) in [4.78, 5) is 15.4. The van der Waals surface area contributed by atoms with Crippen LogP contribution in [-0.2, 0) is 4.79 Å². The highest BCUT2D eigenvalue weighted by molar-refractivity contribution is 6.64. The molecule has 82 valence electrons. The van der Waals surface area contributed by atoms with Gasteiger partial charge in [0.15, 0.2) is 0 Å². The maximum absolute atomic E-state index is 11.0. The summed E-state index contributed by atoms with van der Waals surface area (Å²) in [6.45, 7) is 4.09. The second-order valence-electron chi connectivity index (χ2n) is 4.18. The molecule has 0 aliphatic carbocycles. The van der Waals surface area contributed by atoms with Crippen LogP contribution in [0.2, 0.25) is 0 Å². The Morgan fingerprint density at radius 3 is 2.43 bits per heavy atom. The van der Waals surface area contributed by atoms with Gasteiger partial charge in [0, 0.05) is 6.04 Å². The zero-order valence-electron chi connectivity index (χ0n) is 9.16. The molecular formula is C10H19ClN2O. The van der Waals surface area contributed by atoms with Gasteiger partial charge < -0.3 is 4.90 Å². The molecule has 1 aliphatic rings. The van der Waals surface area contributed by atoms with Gasteiger partial charge >= 0.3 is 0 Å². The van der Waals surface area contributed by atoms with Crippen molar-refractivity contribution in [2.45, 2.75) is 31.8 Å². The molecule has 0 aromatic heterocycles. The van der Waals surface area contributed by atoms with Crippen molar-refractivity contribution in [3.8, 4) is 0 Å². The summed E-state index contributed by atoms with van der Waals surface area (Å²) in [6, 6.07) is 0.342. The molecule has 0 saturated carbocycles. The molecule has 0 amide bonds. The smallest absolute Gasteiger partial charge is 0.238 e. The van der Waals surface area contributed by atoms with E-state index in [1.54, 1.807) is 0 Å². The number of piperidine rings is 1. The predicted molar refractivity (Wildman–Crippen MR) is 58.6 cm³/mol. The van der Waals surface area contributed by atoms with Gasteiger partial charge in [-0.3, -0.25) is 9.69 Å². The molecule has 3 nitrogen and oxygen atoms in total. The lowest BCUT2D eigenvalue weighted by Gasteiger charge is -2.37. The van der Waals surface area contributed by atoms with E-state index in [0.717, 1.165) is 25.9 Å². The van der Waals surface area contributed by atoms with Gasteiger partial charge in [-0.05, 0) is 58.6 Å². The predicted octanol–water partition coefficient (Wildman–Crippen LogP) is 1.17. The number of hydrogen-bond donors (Lipinski definition) is 0. The topological polar surface area (TPSA) is 23.6 Å². The first-order valence-electron chi connectivity index (χ1n) is 5.12. The zero-order valence-corrected chi connectivity index (χ0v) is 9.92. The highest BCUT2D eigenvalue weighted by Gasteiger charge is 2.26. The first kappa shape index (κ1) is 12.0. The van der Waals surface area contributed by atoms with Crippen LogP contribution in [0.1, 0.15) is 19.8 Å². The molecule has 1 saturated heterocycles. The molecule has 0 aromatic carbocycles. The number of carbonyl (C=O) groups excluding carboxylic acids is 1. The van der Waals surface area contributed by atoms with Gasteiger partial charge in [-0.1, -0.05) is 0 Å². The van der Waals surface area contributed by atoms with Gasteiger partial charge in [0.2, 0.25) is 5.24 Å². The Labute approximate surface area is 91.0 Å². The number of likely N-dealkylation sites (N-methyl/N-ethyl adjacent to an activating group) is 1. The molecule has 1 heterocycles. The minimum Gasteiger partial charge on any atom is -0.306 e. The second-order valence-corrected chi connectivity index (χ2v) is 4.55. The van der Waals surface area contributed by atoms with E-state index in [1.165, 1.54) is 0 Å². The van der Waals surface area contributed by atoms with Crippen LogP contribution in [0.4, 0.5) is 0 Å². The first-order valence-corrected chi connectivity index (χ1v) is 5.50. The number of likely N-dealkylation sites (tertiary alicyclic amines) is 1. The SMILES string of the molecule is CC(C(=O)Cl)N(C)C1CCN(C)CC1. The van der Waals surface area contributed by atoms with Crippen LogP contribution in [-0.4, -0.2) is 54.3 Å². The van der Waals surface area contributed by atoms with E-state index < -0.39 is 0 Å². The van der Waals surface area contributed by atoms with E-state index in [2.05, 4.69) is 16.8 Å². The number of halogens is 1. The monoisotopic (exact) mass is 218 g/mol. The summed E-state index contributed by atoms with van der Waals surface area (Å²) in [7, 11) is 4.12. The summed E-state index contributed by atoms with van der Waals surface area (Å²) in [5.74, 6) is 0. The highest BCUT2D eigenvalue weighted by Crippen LogP contribution is 2.17. The van der Waals surface area contributed by atoms with Gasteiger partial charge in [-0.2, -0.15) is 0 Å². The molecule has 1 atom stereocenters. The number of nitrogens with zero attached hydrogens (tertiary/aromatic N) is 2. The third-order valence-corrected chi connectivity index (χ3v) is 3.52. The Morgan fingerprint density at radius 2 is 2.00 bits per heavy atom. The molecule has 0 N–H and O–H groups in total. The Bertz CT molecular complexity index is 202. The van der Waals surface area contributed by atoms with Crippen molar-refractivity contribution in [3.63, 3.8) is 0 Å². The average molecular weight is 219 g/mol. The van der Waals surface area contributed by atoms with Crippen molar-refractivity contribution in [2.75, 3.05) is 27.2 Å². The first-order chi connectivity index (χ1) is 6.52. The molecule has 4 heteroatoms. The maximum atomic E-state index is 11.0. The summed E-state index contributed by atoms with van der Waals surface area (Å²) >= 11 is 5.48. The zero-order chi connectivity index (χ0) is 10.7. The van der Waals surface area contributed by atoms with Crippen LogP contribution in [0.25, 0.3) is 0 Å². The standard InChI is InChI=1S/C10H19ClN2O/c1-8(10(11)14)13(3)9-4-6-12(2)7-5-9/h8-9H,4-7H2,1-3H3. The van der Waals surface area contributed by atoms with Gasteiger partial charge in [-0.15, -0.1) is 0 Å². The molecule has 1 fully saturated rings. The summed E-state index contributed by atoms with van der Waals surface area (Å²) in [5, 5.41) is -0.258. The van der Waals surface area contributed by atoms with E-state index in [0.29, 0.717) is 6.04 Å². The molecule has 0 aromatic rings. The van der Waals surface area contributed by atoms with Crippen LogP contribution in [0.15, 0.2) is 0 Å². The highest BCUT2D eigenvalue weighted by atomic mass is 35.5. The fraction of sp³-hybridized carbons (Fsp3) is 0.900. The molecule has 1 rings (SSSR count). The van der Waals surface area contributed by atoms with Crippen LogP contribution in [0.3, 0.4) is 0 Å². The minimum atomic E-state index is -0.258. The molecule has 1 aliphatic heterocycles. The quantitative estimate of drug-likeness (QED) is 0.665. The van der Waals surface area contributed by atoms with Gasteiger partial charge in [0.05, 0.1) is 6.04 Å². The van der Waals surface area contributed by atoms with Crippen LogP contribution in [0.5, 0.6) is 0 Å². The van der Waals surface area contributed by atoms with Crippen LogP contribution in [0, 0.1) is 0 Å². The number of rotatable bonds is 3. The number of hydrogen-bond acceptors (Lipinski definition) is 3. The Balaban J connectivity index is 2.45. The lowest BCUT2D eigenvalue weighted by molar-refractivity contribution is -0.116. The van der Waals surface area contributed by atoms with E-state index in [9.17, 15) is 4.79 Å². The van der Waals surface area contributed by atoms with E-state index in [4.69, 9.17) is 11.6 Å². The third kappa shape index (κ3) is 2.94. The third-order valence-electron chi connectivity index (χ3n) is 3.20. The van der Waals surface area contributed by atoms with Crippen molar-refractivity contribution < 1.29 is 4.79 Å². The van der Waals surface area contributed by atoms with Gasteiger partial charge in [-0.25, -0.2) is 0 Å². The second kappa shape index (κ2) is 5.10.